The number of rotatable bonds is 4. The van der Waals surface area contributed by atoms with Crippen molar-refractivity contribution in [2.75, 3.05) is 6.61 Å². The molecular weight excluding hydrogens is 345 g/mol. The molecular formula is C12H17N3O8P+. The first-order valence-electron chi connectivity index (χ1n) is 6.95. The van der Waals surface area contributed by atoms with Gasteiger partial charge in [0, 0.05) is 12.3 Å². The molecule has 0 saturated carbocycles. The van der Waals surface area contributed by atoms with Crippen molar-refractivity contribution in [2.45, 2.75) is 24.5 Å². The van der Waals surface area contributed by atoms with Gasteiger partial charge in [0.2, 0.25) is 18.1 Å². The molecule has 2 aromatic heterocycles. The van der Waals surface area contributed by atoms with E-state index in [1.54, 1.807) is 11.6 Å². The van der Waals surface area contributed by atoms with Crippen molar-refractivity contribution in [3.05, 3.63) is 18.6 Å². The van der Waals surface area contributed by atoms with Crippen LogP contribution in [0.25, 0.3) is 11.2 Å². The van der Waals surface area contributed by atoms with Crippen molar-refractivity contribution in [2.24, 2.45) is 7.05 Å². The SMILES string of the molecule is C[n+]1cn([C@@H]2O[C@H](COP(=O)(O)O)C(O)[C@H]2O)c2nccc(O)c21. The zero-order chi connectivity index (χ0) is 17.6. The maximum absolute atomic E-state index is 10.8. The van der Waals surface area contributed by atoms with Crippen molar-refractivity contribution < 1.29 is 43.5 Å². The smallest absolute Gasteiger partial charge is 0.469 e. The molecule has 0 amide bonds. The predicted octanol–water partition coefficient (Wildman–Crippen LogP) is -1.71. The number of aromatic nitrogens is 3. The molecule has 1 saturated heterocycles. The van der Waals surface area contributed by atoms with Crippen LogP contribution in [0.15, 0.2) is 18.6 Å². The second-order valence-corrected chi connectivity index (χ2v) is 6.71. The molecule has 3 rings (SSSR count). The third kappa shape index (κ3) is 3.03. The molecule has 0 aliphatic carbocycles. The van der Waals surface area contributed by atoms with Crippen LogP contribution < -0.4 is 4.57 Å². The summed E-state index contributed by atoms with van der Waals surface area (Å²) in [6.07, 6.45) is -2.11. The van der Waals surface area contributed by atoms with Gasteiger partial charge in [-0.1, -0.05) is 0 Å². The third-order valence-corrected chi connectivity index (χ3v) is 4.28. The van der Waals surface area contributed by atoms with Gasteiger partial charge >= 0.3 is 7.82 Å². The Bertz CT molecular complexity index is 805. The van der Waals surface area contributed by atoms with E-state index in [2.05, 4.69) is 9.51 Å². The van der Waals surface area contributed by atoms with Crippen molar-refractivity contribution in [3.63, 3.8) is 0 Å². The molecule has 1 aliphatic heterocycles. The lowest BCUT2D eigenvalue weighted by Crippen LogP contribution is -2.33. The minimum atomic E-state index is -4.73. The van der Waals surface area contributed by atoms with E-state index in [1.807, 2.05) is 0 Å². The first-order valence-corrected chi connectivity index (χ1v) is 8.48. The van der Waals surface area contributed by atoms with Crippen LogP contribution in [0.2, 0.25) is 0 Å². The Hall–Kier alpha value is -1.59. The van der Waals surface area contributed by atoms with Crippen LogP contribution in [0.3, 0.4) is 0 Å². The standard InChI is InChI=1S/C12H16N3O8P/c1-14-5-15(11-8(14)6(16)2-3-13-11)12-10(18)9(17)7(23-12)4-22-24(19,20)21/h2-3,5,7,9-10,12,17-18H,4H2,1H3,(H2-,13,16,19,20,21)/p+1/t7-,9?,10-,12-/m1/s1. The number of aromatic hydroxyl groups is 1. The van der Waals surface area contributed by atoms with Crippen LogP contribution in [0, 0.1) is 0 Å². The second-order valence-electron chi connectivity index (χ2n) is 5.47. The molecule has 4 atom stereocenters. The number of phosphoric ester groups is 1. The van der Waals surface area contributed by atoms with Gasteiger partial charge in [0.15, 0.2) is 5.75 Å². The summed E-state index contributed by atoms with van der Waals surface area (Å²) in [5.41, 5.74) is 0.711. The Labute approximate surface area is 135 Å². The van der Waals surface area contributed by atoms with Gasteiger partial charge in [-0.3, -0.25) is 4.52 Å². The van der Waals surface area contributed by atoms with Crippen molar-refractivity contribution in [1.29, 1.82) is 0 Å². The first kappa shape index (κ1) is 17.2. The number of hydrogen-bond acceptors (Lipinski definition) is 7. The predicted molar refractivity (Wildman–Crippen MR) is 76.5 cm³/mol. The number of nitrogens with zero attached hydrogens (tertiary/aromatic N) is 3. The Morgan fingerprint density at radius 3 is 2.79 bits per heavy atom. The fourth-order valence-corrected chi connectivity index (χ4v) is 3.05. The molecule has 1 unspecified atom stereocenters. The highest BCUT2D eigenvalue weighted by molar-refractivity contribution is 7.46. The number of fused-ring (bicyclic) bond motifs is 1. The molecule has 0 bridgehead atoms. The van der Waals surface area contributed by atoms with Gasteiger partial charge in [-0.05, 0) is 0 Å². The molecule has 1 fully saturated rings. The van der Waals surface area contributed by atoms with E-state index in [4.69, 9.17) is 14.5 Å². The zero-order valence-electron chi connectivity index (χ0n) is 12.5. The number of aliphatic hydroxyl groups is 2. The van der Waals surface area contributed by atoms with E-state index in [0.717, 1.165) is 0 Å². The van der Waals surface area contributed by atoms with Gasteiger partial charge in [0.25, 0.3) is 5.65 Å². The van der Waals surface area contributed by atoms with Crippen LogP contribution >= 0.6 is 7.82 Å². The summed E-state index contributed by atoms with van der Waals surface area (Å²) >= 11 is 0. The number of aryl methyl sites for hydroxylation is 1. The highest BCUT2D eigenvalue weighted by Gasteiger charge is 2.48. The number of imidazole rings is 1. The van der Waals surface area contributed by atoms with Crippen LogP contribution in [0.1, 0.15) is 6.23 Å². The highest BCUT2D eigenvalue weighted by atomic mass is 31.2. The largest absolute Gasteiger partial charge is 0.504 e. The second kappa shape index (κ2) is 6.05. The average Bonchev–Trinajstić information content (AvgIpc) is 2.96. The van der Waals surface area contributed by atoms with E-state index in [1.165, 1.54) is 23.2 Å². The van der Waals surface area contributed by atoms with Crippen LogP contribution in [-0.4, -0.2) is 59.6 Å². The molecule has 0 spiro atoms. The lowest BCUT2D eigenvalue weighted by Gasteiger charge is -2.14. The van der Waals surface area contributed by atoms with Gasteiger partial charge in [-0.25, -0.2) is 14.1 Å². The summed E-state index contributed by atoms with van der Waals surface area (Å²) in [5, 5.41) is 30.1. The van der Waals surface area contributed by atoms with E-state index in [9.17, 15) is 19.9 Å². The number of aliphatic hydroxyl groups excluding tert-OH is 2. The van der Waals surface area contributed by atoms with Crippen molar-refractivity contribution >= 4 is 19.0 Å². The normalized spacial score (nSPS) is 27.9. The fourth-order valence-electron chi connectivity index (χ4n) is 2.71. The number of pyridine rings is 1. The molecule has 24 heavy (non-hydrogen) atoms. The highest BCUT2D eigenvalue weighted by Crippen LogP contribution is 2.38. The van der Waals surface area contributed by atoms with Gasteiger partial charge in [0.05, 0.1) is 13.7 Å². The minimum absolute atomic E-state index is 0.0179. The Morgan fingerprint density at radius 2 is 2.12 bits per heavy atom. The number of ether oxygens (including phenoxy) is 1. The van der Waals surface area contributed by atoms with Gasteiger partial charge in [-0.15, -0.1) is 0 Å². The van der Waals surface area contributed by atoms with E-state index in [0.29, 0.717) is 11.2 Å². The van der Waals surface area contributed by atoms with Gasteiger partial charge in [0.1, 0.15) is 18.3 Å². The third-order valence-electron chi connectivity index (χ3n) is 3.80. The van der Waals surface area contributed by atoms with Crippen LogP contribution in [0.4, 0.5) is 0 Å². The van der Waals surface area contributed by atoms with Crippen molar-refractivity contribution in [3.8, 4) is 5.75 Å². The lowest BCUT2D eigenvalue weighted by molar-refractivity contribution is -0.646. The molecule has 5 N–H and O–H groups in total. The average molecular weight is 362 g/mol. The molecule has 132 valence electrons. The van der Waals surface area contributed by atoms with E-state index in [-0.39, 0.29) is 5.75 Å². The summed E-state index contributed by atoms with van der Waals surface area (Å²) in [7, 11) is -3.07. The molecule has 0 aromatic carbocycles. The van der Waals surface area contributed by atoms with E-state index < -0.39 is 39.0 Å². The summed E-state index contributed by atoms with van der Waals surface area (Å²) in [4.78, 5) is 21.6. The molecule has 11 nitrogen and oxygen atoms in total. The van der Waals surface area contributed by atoms with Crippen molar-refractivity contribution in [1.82, 2.24) is 9.55 Å². The fraction of sp³-hybridized carbons (Fsp3) is 0.500. The molecule has 3 heterocycles. The Balaban J connectivity index is 1.90. The number of hydrogen-bond donors (Lipinski definition) is 5. The monoisotopic (exact) mass is 362 g/mol. The molecule has 2 aromatic rings. The van der Waals surface area contributed by atoms with Gasteiger partial charge < -0.3 is 29.8 Å². The summed E-state index contributed by atoms with van der Waals surface area (Å²) < 4.78 is 23.6. The number of phosphoric acid groups is 1. The maximum atomic E-state index is 10.8. The summed E-state index contributed by atoms with van der Waals surface area (Å²) in [6, 6.07) is 1.41. The van der Waals surface area contributed by atoms with Crippen LogP contribution in [0.5, 0.6) is 5.75 Å². The van der Waals surface area contributed by atoms with Crippen LogP contribution in [-0.2, 0) is 20.9 Å². The topological polar surface area (TPSA) is 158 Å². The summed E-state index contributed by atoms with van der Waals surface area (Å²) in [6.45, 7) is -0.594. The minimum Gasteiger partial charge on any atom is -0.504 e. The lowest BCUT2D eigenvalue weighted by atomic mass is 10.1. The summed E-state index contributed by atoms with van der Waals surface area (Å²) in [5.74, 6) is -0.0179. The zero-order valence-corrected chi connectivity index (χ0v) is 13.4. The van der Waals surface area contributed by atoms with E-state index >= 15 is 0 Å². The molecule has 1 aliphatic rings. The Kier molecular flexibility index (Phi) is 4.34. The first-order chi connectivity index (χ1) is 11.2. The Morgan fingerprint density at radius 1 is 1.42 bits per heavy atom. The molecule has 0 radical (unpaired) electrons. The molecule has 12 heteroatoms. The maximum Gasteiger partial charge on any atom is 0.469 e. The quantitative estimate of drug-likeness (QED) is 0.315. The van der Waals surface area contributed by atoms with Gasteiger partial charge in [-0.2, -0.15) is 4.57 Å².